The van der Waals surface area contributed by atoms with Crippen molar-refractivity contribution in [1.82, 2.24) is 25.1 Å². The Hall–Kier alpha value is -2.89. The van der Waals surface area contributed by atoms with Crippen molar-refractivity contribution in [3.63, 3.8) is 0 Å². The first kappa shape index (κ1) is 15.0. The number of imidazole rings is 1. The van der Waals surface area contributed by atoms with Gasteiger partial charge in [0.25, 0.3) is 5.91 Å². The molecule has 0 aliphatic heterocycles. The number of benzene rings is 1. The fourth-order valence-electron chi connectivity index (χ4n) is 2.42. The Morgan fingerprint density at radius 2 is 2.04 bits per heavy atom. The lowest BCUT2D eigenvalue weighted by Crippen LogP contribution is -2.29. The largest absolute Gasteiger partial charge is 0.344 e. The van der Waals surface area contributed by atoms with Crippen LogP contribution in [0.25, 0.3) is 11.3 Å². The SMILES string of the molecule is Cc1cnc(C(C)NC(=O)c2cc(-c3ccccc3)nn2C)[nH]1. The minimum Gasteiger partial charge on any atom is -0.344 e. The standard InChI is InChI=1S/C17H19N5O/c1-11-10-18-16(19-11)12(2)20-17(23)15-9-14(21-22(15)3)13-7-5-4-6-8-13/h4-10,12H,1-3H3,(H,18,19)(H,20,23). The zero-order valence-corrected chi connectivity index (χ0v) is 13.4. The summed E-state index contributed by atoms with van der Waals surface area (Å²) in [6.45, 7) is 3.82. The summed E-state index contributed by atoms with van der Waals surface area (Å²) in [7, 11) is 1.77. The molecule has 2 N–H and O–H groups in total. The van der Waals surface area contributed by atoms with Crippen molar-refractivity contribution in [3.05, 3.63) is 59.8 Å². The molecule has 1 unspecified atom stereocenters. The maximum Gasteiger partial charge on any atom is 0.270 e. The van der Waals surface area contributed by atoms with Crippen molar-refractivity contribution >= 4 is 5.91 Å². The predicted molar refractivity (Wildman–Crippen MR) is 87.8 cm³/mol. The fraction of sp³-hybridized carbons (Fsp3) is 0.235. The minimum absolute atomic E-state index is 0.177. The number of carbonyl (C=O) groups excluding carboxylic acids is 1. The van der Waals surface area contributed by atoms with Crippen molar-refractivity contribution in [2.75, 3.05) is 0 Å². The molecule has 0 spiro atoms. The number of carbonyl (C=O) groups is 1. The Morgan fingerprint density at radius 3 is 2.70 bits per heavy atom. The van der Waals surface area contributed by atoms with Crippen molar-refractivity contribution < 1.29 is 4.79 Å². The molecule has 0 aliphatic rings. The van der Waals surface area contributed by atoms with E-state index in [-0.39, 0.29) is 11.9 Å². The Bertz CT molecular complexity index is 819. The highest BCUT2D eigenvalue weighted by Gasteiger charge is 2.18. The molecule has 0 bridgehead atoms. The van der Waals surface area contributed by atoms with E-state index in [9.17, 15) is 4.79 Å². The summed E-state index contributed by atoms with van der Waals surface area (Å²) in [5, 5.41) is 7.36. The molecule has 3 rings (SSSR count). The highest BCUT2D eigenvalue weighted by molar-refractivity contribution is 5.93. The van der Waals surface area contributed by atoms with E-state index in [1.54, 1.807) is 24.0 Å². The van der Waals surface area contributed by atoms with E-state index in [1.165, 1.54) is 0 Å². The minimum atomic E-state index is -0.203. The van der Waals surface area contributed by atoms with Gasteiger partial charge in [0.2, 0.25) is 0 Å². The number of hydrogen-bond donors (Lipinski definition) is 2. The van der Waals surface area contributed by atoms with Gasteiger partial charge in [0.05, 0.1) is 11.7 Å². The second kappa shape index (κ2) is 6.08. The van der Waals surface area contributed by atoms with Crippen LogP contribution in [-0.2, 0) is 7.05 Å². The lowest BCUT2D eigenvalue weighted by molar-refractivity contribution is 0.0929. The van der Waals surface area contributed by atoms with E-state index >= 15 is 0 Å². The first-order chi connectivity index (χ1) is 11.0. The molecular weight excluding hydrogens is 290 g/mol. The number of amides is 1. The van der Waals surface area contributed by atoms with Crippen LogP contribution in [0.15, 0.2) is 42.6 Å². The van der Waals surface area contributed by atoms with E-state index in [0.29, 0.717) is 5.69 Å². The molecule has 1 amide bonds. The van der Waals surface area contributed by atoms with Crippen LogP contribution in [0.5, 0.6) is 0 Å². The number of H-pyrrole nitrogens is 1. The molecule has 3 aromatic rings. The molecule has 1 atom stereocenters. The van der Waals surface area contributed by atoms with Crippen LogP contribution < -0.4 is 5.32 Å². The van der Waals surface area contributed by atoms with Crippen LogP contribution in [-0.4, -0.2) is 25.7 Å². The van der Waals surface area contributed by atoms with E-state index in [0.717, 1.165) is 22.8 Å². The summed E-state index contributed by atoms with van der Waals surface area (Å²) < 4.78 is 1.60. The molecule has 0 saturated heterocycles. The van der Waals surface area contributed by atoms with Gasteiger partial charge >= 0.3 is 0 Å². The van der Waals surface area contributed by atoms with Gasteiger partial charge in [0.1, 0.15) is 11.5 Å². The second-order valence-corrected chi connectivity index (χ2v) is 5.55. The first-order valence-electron chi connectivity index (χ1n) is 7.46. The summed E-state index contributed by atoms with van der Waals surface area (Å²) in [5.41, 5.74) is 3.24. The van der Waals surface area contributed by atoms with Crippen molar-refractivity contribution in [2.45, 2.75) is 19.9 Å². The second-order valence-electron chi connectivity index (χ2n) is 5.55. The first-order valence-corrected chi connectivity index (χ1v) is 7.46. The van der Waals surface area contributed by atoms with E-state index in [1.807, 2.05) is 44.2 Å². The highest BCUT2D eigenvalue weighted by Crippen LogP contribution is 2.19. The summed E-state index contributed by atoms with van der Waals surface area (Å²) in [6, 6.07) is 11.4. The monoisotopic (exact) mass is 309 g/mol. The van der Waals surface area contributed by atoms with Gasteiger partial charge in [-0.05, 0) is 19.9 Å². The molecule has 118 valence electrons. The number of hydrogen-bond acceptors (Lipinski definition) is 3. The number of aromatic amines is 1. The zero-order chi connectivity index (χ0) is 16.4. The number of aromatic nitrogens is 4. The quantitative estimate of drug-likeness (QED) is 0.778. The zero-order valence-electron chi connectivity index (χ0n) is 13.4. The summed E-state index contributed by atoms with van der Waals surface area (Å²) in [5.74, 6) is 0.560. The normalized spacial score (nSPS) is 12.1. The highest BCUT2D eigenvalue weighted by atomic mass is 16.2. The van der Waals surface area contributed by atoms with Crippen LogP contribution in [0.3, 0.4) is 0 Å². The van der Waals surface area contributed by atoms with Gasteiger partial charge in [-0.1, -0.05) is 30.3 Å². The molecule has 0 fully saturated rings. The maximum absolute atomic E-state index is 12.5. The third-order valence-corrected chi connectivity index (χ3v) is 3.66. The van der Waals surface area contributed by atoms with Gasteiger partial charge in [-0.25, -0.2) is 4.98 Å². The van der Waals surface area contributed by atoms with Crippen LogP contribution in [0, 0.1) is 6.92 Å². The Kier molecular flexibility index (Phi) is 3.97. The van der Waals surface area contributed by atoms with Crippen LogP contribution >= 0.6 is 0 Å². The Labute approximate surface area is 134 Å². The van der Waals surface area contributed by atoms with Gasteiger partial charge in [0, 0.05) is 24.5 Å². The summed E-state index contributed by atoms with van der Waals surface area (Å²) >= 11 is 0. The smallest absolute Gasteiger partial charge is 0.270 e. The summed E-state index contributed by atoms with van der Waals surface area (Å²) in [6.07, 6.45) is 1.75. The molecule has 2 heterocycles. The Balaban J connectivity index is 1.79. The molecule has 0 radical (unpaired) electrons. The average Bonchev–Trinajstić information content (AvgIpc) is 3.14. The molecule has 0 saturated carbocycles. The molecule has 0 aliphatic carbocycles. The van der Waals surface area contributed by atoms with Gasteiger partial charge in [-0.3, -0.25) is 9.48 Å². The van der Waals surface area contributed by atoms with Gasteiger partial charge in [-0.2, -0.15) is 5.10 Å². The number of nitrogens with zero attached hydrogens (tertiary/aromatic N) is 3. The Morgan fingerprint density at radius 1 is 1.30 bits per heavy atom. The lowest BCUT2D eigenvalue weighted by Gasteiger charge is -2.11. The fourth-order valence-corrected chi connectivity index (χ4v) is 2.42. The predicted octanol–water partition coefficient (Wildman–Crippen LogP) is 2.61. The third-order valence-electron chi connectivity index (χ3n) is 3.66. The number of nitrogens with one attached hydrogen (secondary N) is 2. The van der Waals surface area contributed by atoms with Crippen LogP contribution in [0.4, 0.5) is 0 Å². The van der Waals surface area contributed by atoms with E-state index in [2.05, 4.69) is 20.4 Å². The lowest BCUT2D eigenvalue weighted by atomic mass is 10.1. The molecule has 2 aromatic heterocycles. The molecular formula is C17H19N5O. The van der Waals surface area contributed by atoms with E-state index in [4.69, 9.17) is 0 Å². The molecule has 6 nitrogen and oxygen atoms in total. The molecule has 6 heteroatoms. The number of rotatable bonds is 4. The molecule has 23 heavy (non-hydrogen) atoms. The van der Waals surface area contributed by atoms with E-state index < -0.39 is 0 Å². The third kappa shape index (κ3) is 3.15. The van der Waals surface area contributed by atoms with Crippen LogP contribution in [0.2, 0.25) is 0 Å². The maximum atomic E-state index is 12.5. The number of aryl methyl sites for hydroxylation is 2. The van der Waals surface area contributed by atoms with Gasteiger partial charge < -0.3 is 10.3 Å². The van der Waals surface area contributed by atoms with Crippen LogP contribution in [0.1, 0.15) is 35.0 Å². The summed E-state index contributed by atoms with van der Waals surface area (Å²) in [4.78, 5) is 19.9. The van der Waals surface area contributed by atoms with Gasteiger partial charge in [0.15, 0.2) is 0 Å². The van der Waals surface area contributed by atoms with Crippen molar-refractivity contribution in [3.8, 4) is 11.3 Å². The topological polar surface area (TPSA) is 75.6 Å². The van der Waals surface area contributed by atoms with Crippen molar-refractivity contribution in [2.24, 2.45) is 7.05 Å². The van der Waals surface area contributed by atoms with Crippen molar-refractivity contribution in [1.29, 1.82) is 0 Å². The van der Waals surface area contributed by atoms with Gasteiger partial charge in [-0.15, -0.1) is 0 Å². The average molecular weight is 309 g/mol. The molecule has 1 aromatic carbocycles.